The van der Waals surface area contributed by atoms with Crippen LogP contribution in [0.25, 0.3) is 0 Å². The van der Waals surface area contributed by atoms with Gasteiger partial charge in [-0.3, -0.25) is 19.6 Å². The van der Waals surface area contributed by atoms with Gasteiger partial charge in [-0.25, -0.2) is 4.79 Å². The van der Waals surface area contributed by atoms with Crippen molar-refractivity contribution in [1.82, 2.24) is 20.0 Å². The van der Waals surface area contributed by atoms with Crippen molar-refractivity contribution in [1.29, 1.82) is 0 Å². The fraction of sp³-hybridized carbons (Fsp3) is 0.432. The minimum absolute atomic E-state index is 0.0434. The molecule has 51 heavy (non-hydrogen) atoms. The molecule has 3 aliphatic heterocycles. The summed E-state index contributed by atoms with van der Waals surface area (Å²) in [6, 6.07) is 15.5. The quantitative estimate of drug-likeness (QED) is 0.256. The number of carbonyl (C=O) groups is 2. The highest BCUT2D eigenvalue weighted by atomic mass is 35.5. The summed E-state index contributed by atoms with van der Waals surface area (Å²) in [4.78, 5) is 37.9. The Bertz CT molecular complexity index is 1730. The molecular weight excluding hydrogens is 706 g/mol. The number of alkyl halides is 3. The number of β-amino-alcohol motifs (C(OH)–C–C–N with tert-alkyl or cyclic N) is 1. The summed E-state index contributed by atoms with van der Waals surface area (Å²) in [5, 5.41) is 14.1. The van der Waals surface area contributed by atoms with Crippen LogP contribution in [0.5, 0.6) is 5.75 Å². The number of benzene rings is 3. The Kier molecular flexibility index (Phi) is 11.5. The second-order valence-electron chi connectivity index (χ2n) is 13.1. The summed E-state index contributed by atoms with van der Waals surface area (Å²) in [6.45, 7) is 3.86. The number of aliphatic hydroxyl groups is 1. The van der Waals surface area contributed by atoms with Crippen molar-refractivity contribution in [3.05, 3.63) is 99.0 Å². The topological polar surface area (TPSA) is 97.7 Å². The first-order valence-corrected chi connectivity index (χ1v) is 17.9. The molecule has 3 amide bonds. The number of hydrogen-bond donors (Lipinski definition) is 2. The Balaban J connectivity index is 1.32. The van der Waals surface area contributed by atoms with Crippen molar-refractivity contribution in [3.63, 3.8) is 0 Å². The lowest BCUT2D eigenvalue weighted by atomic mass is 9.93. The lowest BCUT2D eigenvalue weighted by Gasteiger charge is -2.38. The normalized spacial score (nSPS) is 21.8. The van der Waals surface area contributed by atoms with Gasteiger partial charge in [-0.15, -0.1) is 0 Å². The molecule has 0 bridgehead atoms. The minimum Gasteiger partial charge on any atom is -0.493 e. The van der Waals surface area contributed by atoms with Crippen molar-refractivity contribution in [2.24, 2.45) is 4.99 Å². The van der Waals surface area contributed by atoms with Crippen LogP contribution >= 0.6 is 23.2 Å². The van der Waals surface area contributed by atoms with Crippen LogP contribution in [0.3, 0.4) is 0 Å². The van der Waals surface area contributed by atoms with Crippen molar-refractivity contribution in [3.8, 4) is 5.75 Å². The van der Waals surface area contributed by atoms with E-state index < -0.39 is 29.9 Å². The van der Waals surface area contributed by atoms with E-state index in [1.165, 1.54) is 6.07 Å². The van der Waals surface area contributed by atoms with E-state index in [2.05, 4.69) is 5.32 Å². The van der Waals surface area contributed by atoms with Crippen LogP contribution in [0.1, 0.15) is 66.9 Å². The molecule has 0 aromatic heterocycles. The number of halogens is 5. The van der Waals surface area contributed by atoms with Crippen LogP contribution in [0.15, 0.2) is 71.7 Å². The number of likely N-dealkylation sites (tertiary alicyclic amines) is 2. The molecule has 0 spiro atoms. The molecule has 6 rings (SSSR count). The van der Waals surface area contributed by atoms with E-state index in [9.17, 15) is 27.9 Å². The summed E-state index contributed by atoms with van der Waals surface area (Å²) in [6.07, 6.45) is -2.44. The average Bonchev–Trinajstić information content (AvgIpc) is 3.49. The molecule has 0 radical (unpaired) electrons. The zero-order valence-electron chi connectivity index (χ0n) is 28.1. The van der Waals surface area contributed by atoms with Crippen molar-refractivity contribution >= 4 is 41.0 Å². The van der Waals surface area contributed by atoms with Crippen LogP contribution in [0.2, 0.25) is 10.0 Å². The molecule has 2 N–H and O–H groups in total. The number of ether oxygens (including phenoxy) is 1. The van der Waals surface area contributed by atoms with E-state index in [4.69, 9.17) is 32.9 Å². The molecular formula is C37H40Cl2F3N5O4. The number of amidine groups is 1. The van der Waals surface area contributed by atoms with Gasteiger partial charge in [0.2, 0.25) is 5.91 Å². The molecule has 2 fully saturated rings. The monoisotopic (exact) mass is 745 g/mol. The Hall–Kier alpha value is -3.84. The highest BCUT2D eigenvalue weighted by Crippen LogP contribution is 2.46. The first kappa shape index (κ1) is 36.9. The maximum atomic E-state index is 14.8. The van der Waals surface area contributed by atoms with Crippen molar-refractivity contribution < 1.29 is 32.6 Å². The lowest BCUT2D eigenvalue weighted by molar-refractivity contribution is -0.137. The van der Waals surface area contributed by atoms with Crippen molar-refractivity contribution in [2.75, 3.05) is 39.3 Å². The third-order valence-electron chi connectivity index (χ3n) is 9.52. The predicted molar refractivity (Wildman–Crippen MR) is 189 cm³/mol. The first-order valence-electron chi connectivity index (χ1n) is 17.1. The van der Waals surface area contributed by atoms with Gasteiger partial charge in [0, 0.05) is 35.7 Å². The fourth-order valence-electron chi connectivity index (χ4n) is 7.03. The number of nitrogens with zero attached hydrogens (tertiary/aromatic N) is 4. The highest BCUT2D eigenvalue weighted by Gasteiger charge is 2.45. The van der Waals surface area contributed by atoms with E-state index in [-0.39, 0.29) is 48.3 Å². The van der Waals surface area contributed by atoms with Gasteiger partial charge in [0.15, 0.2) is 0 Å². The lowest BCUT2D eigenvalue weighted by Crippen LogP contribution is -2.53. The van der Waals surface area contributed by atoms with Gasteiger partial charge < -0.3 is 20.1 Å². The van der Waals surface area contributed by atoms with Gasteiger partial charge in [0.1, 0.15) is 17.6 Å². The molecule has 14 heteroatoms. The van der Waals surface area contributed by atoms with Crippen LogP contribution in [0.4, 0.5) is 18.0 Å². The Morgan fingerprint density at radius 3 is 2.20 bits per heavy atom. The van der Waals surface area contributed by atoms with Gasteiger partial charge >= 0.3 is 12.2 Å². The summed E-state index contributed by atoms with van der Waals surface area (Å²) in [5.74, 6) is 0.0107. The predicted octanol–water partition coefficient (Wildman–Crippen LogP) is 7.11. The SMILES string of the molecule is CCOc1cc(C(F)(F)F)ccc1C1=NC(c2ccc(Cl)cc2)C(c2ccc(Cl)cc2)N1C(=O)N1CCC(NC(=O)CN2CCCC(O)C2)CC1. The number of rotatable bonds is 8. The summed E-state index contributed by atoms with van der Waals surface area (Å²) < 4.78 is 47.2. The van der Waals surface area contributed by atoms with Crippen molar-refractivity contribution in [2.45, 2.75) is 63.0 Å². The Labute approximate surface area is 305 Å². The summed E-state index contributed by atoms with van der Waals surface area (Å²) in [5.41, 5.74) is 0.842. The maximum absolute atomic E-state index is 14.8. The number of amides is 3. The number of aliphatic imine (C=N–C) groups is 1. The molecule has 3 aromatic rings. The molecule has 272 valence electrons. The molecule has 3 aliphatic rings. The van der Waals surface area contributed by atoms with Gasteiger partial charge in [-0.05, 0) is 92.7 Å². The molecule has 3 heterocycles. The smallest absolute Gasteiger partial charge is 0.416 e. The molecule has 9 nitrogen and oxygen atoms in total. The van der Waals surface area contributed by atoms with Gasteiger partial charge in [0.25, 0.3) is 0 Å². The second-order valence-corrected chi connectivity index (χ2v) is 14.0. The van der Waals surface area contributed by atoms with Crippen LogP contribution in [-0.4, -0.2) is 89.1 Å². The van der Waals surface area contributed by atoms with Gasteiger partial charge in [0.05, 0.1) is 36.4 Å². The molecule has 2 saturated heterocycles. The number of piperidine rings is 2. The highest BCUT2D eigenvalue weighted by molar-refractivity contribution is 6.30. The fourth-order valence-corrected chi connectivity index (χ4v) is 7.28. The average molecular weight is 747 g/mol. The largest absolute Gasteiger partial charge is 0.493 e. The number of aliphatic hydroxyl groups excluding tert-OH is 1. The van der Waals surface area contributed by atoms with Gasteiger partial charge in [-0.2, -0.15) is 13.2 Å². The molecule has 0 saturated carbocycles. The van der Waals surface area contributed by atoms with Gasteiger partial charge in [-0.1, -0.05) is 47.5 Å². The summed E-state index contributed by atoms with van der Waals surface area (Å²) in [7, 11) is 0. The molecule has 3 unspecified atom stereocenters. The third kappa shape index (κ3) is 8.63. The second kappa shape index (κ2) is 15.8. The molecule has 3 aromatic carbocycles. The van der Waals surface area contributed by atoms with E-state index in [0.717, 1.165) is 42.6 Å². The van der Waals surface area contributed by atoms with Crippen LogP contribution in [0, 0.1) is 0 Å². The van der Waals surface area contributed by atoms with E-state index in [1.54, 1.807) is 41.0 Å². The molecule has 3 atom stereocenters. The summed E-state index contributed by atoms with van der Waals surface area (Å²) >= 11 is 12.5. The third-order valence-corrected chi connectivity index (χ3v) is 10.0. The first-order chi connectivity index (χ1) is 24.4. The number of nitrogens with one attached hydrogen (secondary N) is 1. The Morgan fingerprint density at radius 1 is 0.941 bits per heavy atom. The number of hydrogen-bond acceptors (Lipinski definition) is 6. The van der Waals surface area contributed by atoms with E-state index in [0.29, 0.717) is 42.5 Å². The molecule has 0 aliphatic carbocycles. The zero-order valence-corrected chi connectivity index (χ0v) is 29.6. The standard InChI is InChI=1S/C37H40Cl2F3N5O4/c1-2-51-31-20-25(37(40,41)42)9-14-30(31)35-44-33(23-5-10-26(38)11-6-23)34(24-7-12-27(39)13-8-24)47(35)36(50)46-18-15-28(16-19-46)43-32(49)22-45-17-3-4-29(48)21-45/h5-14,20,28-29,33-34,48H,2-4,15-19,21-22H2,1H3,(H,43,49). The minimum atomic E-state index is -4.61. The van der Waals surface area contributed by atoms with E-state index in [1.807, 2.05) is 29.2 Å². The number of urea groups is 1. The van der Waals surface area contributed by atoms with E-state index >= 15 is 0 Å². The maximum Gasteiger partial charge on any atom is 0.416 e. The zero-order chi connectivity index (χ0) is 36.3. The number of carbonyl (C=O) groups excluding carboxylic acids is 2. The van der Waals surface area contributed by atoms with Crippen LogP contribution < -0.4 is 10.1 Å². The Morgan fingerprint density at radius 2 is 1.59 bits per heavy atom. The van der Waals surface area contributed by atoms with Crippen LogP contribution in [-0.2, 0) is 11.0 Å².